The first-order chi connectivity index (χ1) is 10.6. The minimum Gasteiger partial charge on any atom is -0.403 e. The third-order valence-corrected chi connectivity index (χ3v) is 3.52. The van der Waals surface area contributed by atoms with Crippen molar-refractivity contribution in [2.45, 2.75) is 0 Å². The number of para-hydroxylation sites is 1. The lowest BCUT2D eigenvalue weighted by Gasteiger charge is -2.02. The molecule has 22 heavy (non-hydrogen) atoms. The van der Waals surface area contributed by atoms with E-state index in [1.165, 1.54) is 12.1 Å². The highest BCUT2D eigenvalue weighted by molar-refractivity contribution is 6.21. The maximum atomic E-state index is 12.0. The lowest BCUT2D eigenvalue weighted by atomic mass is 10.1. The van der Waals surface area contributed by atoms with Gasteiger partial charge in [0.1, 0.15) is 0 Å². The van der Waals surface area contributed by atoms with Crippen LogP contribution in [-0.4, -0.2) is 16.8 Å². The molecule has 4 rings (SSSR count). The monoisotopic (exact) mass is 292 g/mol. The Bertz CT molecular complexity index is 1020. The van der Waals surface area contributed by atoms with E-state index in [0.29, 0.717) is 22.0 Å². The molecule has 2 heterocycles. The van der Waals surface area contributed by atoms with E-state index in [4.69, 9.17) is 4.42 Å². The fourth-order valence-electron chi connectivity index (χ4n) is 2.44. The van der Waals surface area contributed by atoms with Crippen LogP contribution in [0.15, 0.2) is 51.7 Å². The highest BCUT2D eigenvalue weighted by Crippen LogP contribution is 2.24. The van der Waals surface area contributed by atoms with E-state index in [9.17, 15) is 14.4 Å². The van der Waals surface area contributed by atoms with Gasteiger partial charge < -0.3 is 4.42 Å². The average molecular weight is 292 g/mol. The predicted molar refractivity (Wildman–Crippen MR) is 77.5 cm³/mol. The Labute approximate surface area is 123 Å². The Hall–Kier alpha value is -3.28. The molecule has 1 aromatic heterocycles. The predicted octanol–water partition coefficient (Wildman–Crippen LogP) is 1.74. The molecule has 2 amide bonds. The number of benzene rings is 2. The molecule has 0 atom stereocenters. The molecule has 1 aliphatic heterocycles. The van der Waals surface area contributed by atoms with Crippen molar-refractivity contribution < 1.29 is 14.0 Å². The van der Waals surface area contributed by atoms with Crippen molar-refractivity contribution in [2.24, 2.45) is 0 Å². The number of amides is 2. The SMILES string of the molecule is O=C1NC(=O)c2cc(-c3nc4ccccc4c(=O)o3)ccc21. The van der Waals surface area contributed by atoms with Gasteiger partial charge in [-0.3, -0.25) is 14.9 Å². The second kappa shape index (κ2) is 4.36. The molecular weight excluding hydrogens is 284 g/mol. The Kier molecular flexibility index (Phi) is 2.47. The summed E-state index contributed by atoms with van der Waals surface area (Å²) in [5.74, 6) is -0.789. The van der Waals surface area contributed by atoms with Crippen LogP contribution >= 0.6 is 0 Å². The maximum Gasteiger partial charge on any atom is 0.347 e. The van der Waals surface area contributed by atoms with Crippen LogP contribution in [0.2, 0.25) is 0 Å². The number of carbonyl (C=O) groups is 2. The lowest BCUT2D eigenvalue weighted by Crippen LogP contribution is -2.19. The molecule has 3 aromatic rings. The van der Waals surface area contributed by atoms with Gasteiger partial charge in [-0.1, -0.05) is 12.1 Å². The molecule has 1 aliphatic rings. The molecule has 2 aromatic carbocycles. The van der Waals surface area contributed by atoms with Crippen molar-refractivity contribution in [1.29, 1.82) is 0 Å². The van der Waals surface area contributed by atoms with Gasteiger partial charge in [0.2, 0.25) is 5.89 Å². The summed E-state index contributed by atoms with van der Waals surface area (Å²) in [7, 11) is 0. The number of fused-ring (bicyclic) bond motifs is 2. The van der Waals surface area contributed by atoms with Crippen LogP contribution in [0.3, 0.4) is 0 Å². The van der Waals surface area contributed by atoms with E-state index < -0.39 is 17.4 Å². The molecule has 0 spiro atoms. The fourth-order valence-corrected chi connectivity index (χ4v) is 2.44. The van der Waals surface area contributed by atoms with Crippen LogP contribution < -0.4 is 10.9 Å². The normalized spacial score (nSPS) is 13.3. The number of carbonyl (C=O) groups excluding carboxylic acids is 2. The zero-order valence-corrected chi connectivity index (χ0v) is 11.1. The zero-order valence-electron chi connectivity index (χ0n) is 11.1. The minimum atomic E-state index is -0.498. The number of hydrogen-bond donors (Lipinski definition) is 1. The summed E-state index contributed by atoms with van der Waals surface area (Å²) in [5, 5.41) is 2.60. The van der Waals surface area contributed by atoms with Crippen LogP contribution in [0.25, 0.3) is 22.4 Å². The first kappa shape index (κ1) is 12.5. The van der Waals surface area contributed by atoms with Crippen molar-refractivity contribution in [3.8, 4) is 11.5 Å². The van der Waals surface area contributed by atoms with Crippen molar-refractivity contribution >= 4 is 22.7 Å². The topological polar surface area (TPSA) is 89.3 Å². The standard InChI is InChI=1S/C16H8N2O4/c19-13-9-6-5-8(7-11(9)14(20)18-13)15-17-12-4-2-1-3-10(12)16(21)22-15/h1-7H,(H,18,19,20). The molecular formula is C16H8N2O4. The van der Waals surface area contributed by atoms with E-state index >= 15 is 0 Å². The Morgan fingerprint density at radius 3 is 2.55 bits per heavy atom. The number of nitrogens with zero attached hydrogens (tertiary/aromatic N) is 1. The summed E-state index contributed by atoms with van der Waals surface area (Å²) in [6, 6.07) is 11.4. The number of nitrogens with one attached hydrogen (secondary N) is 1. The molecule has 0 unspecified atom stereocenters. The molecule has 6 nitrogen and oxygen atoms in total. The van der Waals surface area contributed by atoms with Crippen molar-refractivity contribution in [3.05, 3.63) is 64.0 Å². The minimum absolute atomic E-state index is 0.110. The lowest BCUT2D eigenvalue weighted by molar-refractivity contribution is 0.0879. The van der Waals surface area contributed by atoms with E-state index in [1.807, 2.05) is 0 Å². The molecule has 6 heteroatoms. The molecule has 0 bridgehead atoms. The van der Waals surface area contributed by atoms with Gasteiger partial charge in [0, 0.05) is 5.56 Å². The molecule has 1 N–H and O–H groups in total. The van der Waals surface area contributed by atoms with Gasteiger partial charge in [-0.05, 0) is 30.3 Å². The summed E-state index contributed by atoms with van der Waals surface area (Å²) in [5.41, 5.74) is 1.03. The largest absolute Gasteiger partial charge is 0.403 e. The molecule has 0 saturated heterocycles. The first-order valence-corrected chi connectivity index (χ1v) is 6.53. The molecule has 0 saturated carbocycles. The molecule has 0 aliphatic carbocycles. The van der Waals surface area contributed by atoms with Crippen molar-refractivity contribution in [2.75, 3.05) is 0 Å². The molecule has 106 valence electrons. The van der Waals surface area contributed by atoms with Gasteiger partial charge in [-0.15, -0.1) is 0 Å². The highest BCUT2D eigenvalue weighted by atomic mass is 16.4. The number of hydrogen-bond acceptors (Lipinski definition) is 5. The summed E-state index contributed by atoms with van der Waals surface area (Å²) < 4.78 is 5.22. The maximum absolute atomic E-state index is 12.0. The van der Waals surface area contributed by atoms with E-state index in [1.54, 1.807) is 30.3 Å². The molecule has 0 fully saturated rings. The number of aromatic nitrogens is 1. The molecule has 0 radical (unpaired) electrons. The zero-order chi connectivity index (χ0) is 15.3. The van der Waals surface area contributed by atoms with Crippen LogP contribution in [0, 0.1) is 0 Å². The van der Waals surface area contributed by atoms with E-state index in [2.05, 4.69) is 10.3 Å². The summed E-state index contributed by atoms with van der Waals surface area (Å²) in [6.07, 6.45) is 0. The van der Waals surface area contributed by atoms with Gasteiger partial charge in [-0.25, -0.2) is 9.78 Å². The number of imide groups is 1. The van der Waals surface area contributed by atoms with Gasteiger partial charge in [-0.2, -0.15) is 0 Å². The first-order valence-electron chi connectivity index (χ1n) is 6.53. The van der Waals surface area contributed by atoms with Crippen LogP contribution in [0.1, 0.15) is 20.7 Å². The van der Waals surface area contributed by atoms with Gasteiger partial charge in [0.25, 0.3) is 11.8 Å². The fraction of sp³-hybridized carbons (Fsp3) is 0. The van der Waals surface area contributed by atoms with E-state index in [0.717, 1.165) is 0 Å². The van der Waals surface area contributed by atoms with Gasteiger partial charge in [0.05, 0.1) is 22.0 Å². The van der Waals surface area contributed by atoms with Crippen LogP contribution in [0.4, 0.5) is 0 Å². The van der Waals surface area contributed by atoms with Gasteiger partial charge >= 0.3 is 5.63 Å². The Morgan fingerprint density at radius 1 is 0.909 bits per heavy atom. The van der Waals surface area contributed by atoms with Crippen molar-refractivity contribution in [3.63, 3.8) is 0 Å². The third kappa shape index (κ3) is 1.74. The Balaban J connectivity index is 1.93. The van der Waals surface area contributed by atoms with Crippen LogP contribution in [0.5, 0.6) is 0 Å². The highest BCUT2D eigenvalue weighted by Gasteiger charge is 2.27. The van der Waals surface area contributed by atoms with E-state index in [-0.39, 0.29) is 11.5 Å². The summed E-state index contributed by atoms with van der Waals surface area (Å²) in [6.45, 7) is 0. The van der Waals surface area contributed by atoms with Crippen LogP contribution in [-0.2, 0) is 0 Å². The second-order valence-corrected chi connectivity index (χ2v) is 4.87. The number of rotatable bonds is 1. The third-order valence-electron chi connectivity index (χ3n) is 3.52. The second-order valence-electron chi connectivity index (χ2n) is 4.87. The summed E-state index contributed by atoms with van der Waals surface area (Å²) >= 11 is 0. The van der Waals surface area contributed by atoms with Gasteiger partial charge in [0.15, 0.2) is 0 Å². The smallest absolute Gasteiger partial charge is 0.347 e. The van der Waals surface area contributed by atoms with Crippen molar-refractivity contribution in [1.82, 2.24) is 10.3 Å². The quantitative estimate of drug-likeness (QED) is 0.690. The average Bonchev–Trinajstić information content (AvgIpc) is 2.81. The Morgan fingerprint density at radius 2 is 1.68 bits per heavy atom. The summed E-state index contributed by atoms with van der Waals surface area (Å²) in [4.78, 5) is 39.5.